The fourth-order valence-electron chi connectivity index (χ4n) is 2.64. The summed E-state index contributed by atoms with van der Waals surface area (Å²) >= 11 is 5.93. The van der Waals surface area contributed by atoms with E-state index in [1.165, 1.54) is 0 Å². The molecule has 1 N–H and O–H groups in total. The molecule has 1 atom stereocenters. The van der Waals surface area contributed by atoms with Gasteiger partial charge in [-0.3, -0.25) is 4.79 Å². The van der Waals surface area contributed by atoms with Crippen molar-refractivity contribution in [3.8, 4) is 0 Å². The molecular formula is C20H20ClN3O3. The number of aryl methyl sites for hydroxylation is 1. The molecule has 0 aliphatic rings. The van der Waals surface area contributed by atoms with E-state index in [-0.39, 0.29) is 12.3 Å². The Labute approximate surface area is 162 Å². The molecule has 7 heteroatoms. The minimum absolute atomic E-state index is 0.0962. The Balaban J connectivity index is 1.52. The number of nitrogens with one attached hydrogen (secondary N) is 1. The molecule has 0 aliphatic heterocycles. The zero-order valence-corrected chi connectivity index (χ0v) is 15.6. The van der Waals surface area contributed by atoms with Gasteiger partial charge in [0.15, 0.2) is 6.10 Å². The number of methoxy groups -OCH3 is 1. The molecule has 3 aromatic rings. The molecular weight excluding hydrogens is 366 g/mol. The Morgan fingerprint density at radius 3 is 2.74 bits per heavy atom. The molecule has 0 aliphatic carbocycles. The number of rotatable bonds is 8. The van der Waals surface area contributed by atoms with Crippen molar-refractivity contribution in [3.63, 3.8) is 0 Å². The van der Waals surface area contributed by atoms with Crippen molar-refractivity contribution < 1.29 is 13.9 Å². The summed E-state index contributed by atoms with van der Waals surface area (Å²) in [6.45, 7) is 0.425. The molecule has 0 saturated heterocycles. The SMILES string of the molecule is COC(c1ccccc1)c1nnc(CCC(=O)NCc2cccc(Cl)c2)o1. The first-order chi connectivity index (χ1) is 13.2. The van der Waals surface area contributed by atoms with E-state index in [0.29, 0.717) is 29.8 Å². The van der Waals surface area contributed by atoms with E-state index in [2.05, 4.69) is 15.5 Å². The monoisotopic (exact) mass is 385 g/mol. The number of nitrogens with zero attached hydrogens (tertiary/aromatic N) is 2. The molecule has 0 saturated carbocycles. The van der Waals surface area contributed by atoms with Crippen molar-refractivity contribution in [2.75, 3.05) is 7.11 Å². The summed E-state index contributed by atoms with van der Waals surface area (Å²) in [5, 5.41) is 11.6. The molecule has 2 aromatic carbocycles. The van der Waals surface area contributed by atoms with Crippen LogP contribution in [0.4, 0.5) is 0 Å². The van der Waals surface area contributed by atoms with Gasteiger partial charge in [0.2, 0.25) is 17.7 Å². The Morgan fingerprint density at radius 1 is 1.19 bits per heavy atom. The normalized spacial score (nSPS) is 11.9. The lowest BCUT2D eigenvalue weighted by Crippen LogP contribution is -2.23. The number of hydrogen-bond acceptors (Lipinski definition) is 5. The van der Waals surface area contributed by atoms with Crippen molar-refractivity contribution in [1.29, 1.82) is 0 Å². The van der Waals surface area contributed by atoms with E-state index in [9.17, 15) is 4.79 Å². The van der Waals surface area contributed by atoms with Crippen LogP contribution in [-0.2, 0) is 22.5 Å². The number of halogens is 1. The molecule has 0 radical (unpaired) electrons. The third kappa shape index (κ3) is 5.39. The molecule has 1 amide bonds. The van der Waals surface area contributed by atoms with Gasteiger partial charge in [-0.1, -0.05) is 54.1 Å². The lowest BCUT2D eigenvalue weighted by molar-refractivity contribution is -0.121. The first-order valence-electron chi connectivity index (χ1n) is 8.57. The minimum Gasteiger partial charge on any atom is -0.422 e. The van der Waals surface area contributed by atoms with Crippen molar-refractivity contribution in [2.45, 2.75) is 25.5 Å². The predicted octanol–water partition coefficient (Wildman–Crippen LogP) is 3.71. The van der Waals surface area contributed by atoms with Crippen LogP contribution in [0, 0.1) is 0 Å². The topological polar surface area (TPSA) is 77.2 Å². The Bertz CT molecular complexity index is 883. The van der Waals surface area contributed by atoms with Crippen LogP contribution in [-0.4, -0.2) is 23.2 Å². The first kappa shape index (κ1) is 19.1. The summed E-state index contributed by atoms with van der Waals surface area (Å²) in [6, 6.07) is 17.0. The van der Waals surface area contributed by atoms with E-state index in [4.69, 9.17) is 20.8 Å². The Morgan fingerprint density at radius 2 is 2.00 bits per heavy atom. The number of ether oxygens (including phenoxy) is 1. The van der Waals surface area contributed by atoms with Gasteiger partial charge in [0.1, 0.15) is 0 Å². The Kier molecular flexibility index (Phi) is 6.57. The van der Waals surface area contributed by atoms with Crippen LogP contribution in [0.15, 0.2) is 59.0 Å². The summed E-state index contributed by atoms with van der Waals surface area (Å²) in [7, 11) is 1.59. The summed E-state index contributed by atoms with van der Waals surface area (Å²) in [6.07, 6.45) is 0.189. The van der Waals surface area contributed by atoms with Crippen LogP contribution in [0.25, 0.3) is 0 Å². The maximum absolute atomic E-state index is 12.0. The van der Waals surface area contributed by atoms with E-state index in [1.807, 2.05) is 48.5 Å². The molecule has 6 nitrogen and oxygen atoms in total. The zero-order valence-electron chi connectivity index (χ0n) is 14.9. The maximum atomic E-state index is 12.0. The van der Waals surface area contributed by atoms with Gasteiger partial charge in [-0.25, -0.2) is 0 Å². The minimum atomic E-state index is -0.427. The first-order valence-corrected chi connectivity index (χ1v) is 8.94. The second-order valence-electron chi connectivity index (χ2n) is 5.97. The molecule has 0 fully saturated rings. The number of aromatic nitrogens is 2. The number of benzene rings is 2. The molecule has 140 valence electrons. The predicted molar refractivity (Wildman–Crippen MR) is 101 cm³/mol. The van der Waals surface area contributed by atoms with E-state index < -0.39 is 6.10 Å². The zero-order chi connectivity index (χ0) is 19.1. The largest absolute Gasteiger partial charge is 0.422 e. The van der Waals surface area contributed by atoms with Gasteiger partial charge >= 0.3 is 0 Å². The molecule has 0 bridgehead atoms. The van der Waals surface area contributed by atoms with Crippen LogP contribution in [0.1, 0.15) is 35.4 Å². The lowest BCUT2D eigenvalue weighted by Gasteiger charge is -2.10. The maximum Gasteiger partial charge on any atom is 0.249 e. The number of amides is 1. The van der Waals surface area contributed by atoms with Crippen LogP contribution in [0.5, 0.6) is 0 Å². The highest BCUT2D eigenvalue weighted by Crippen LogP contribution is 2.24. The summed E-state index contributed by atoms with van der Waals surface area (Å²) < 4.78 is 11.1. The number of carbonyl (C=O) groups excluding carboxylic acids is 1. The standard InChI is InChI=1S/C20H20ClN3O3/c1-26-19(15-7-3-2-4-8-15)20-24-23-18(27-20)11-10-17(25)22-13-14-6-5-9-16(21)12-14/h2-9,12,19H,10-11,13H2,1H3,(H,22,25). The van der Waals surface area contributed by atoms with Gasteiger partial charge in [0.05, 0.1) is 0 Å². The second-order valence-corrected chi connectivity index (χ2v) is 6.40. The summed E-state index contributed by atoms with van der Waals surface area (Å²) in [4.78, 5) is 12.0. The molecule has 3 rings (SSSR count). The molecule has 1 heterocycles. The average Bonchev–Trinajstić information content (AvgIpc) is 3.15. The fourth-order valence-corrected chi connectivity index (χ4v) is 2.85. The van der Waals surface area contributed by atoms with Gasteiger partial charge < -0.3 is 14.5 Å². The van der Waals surface area contributed by atoms with Gasteiger partial charge in [0, 0.05) is 31.5 Å². The molecule has 0 spiro atoms. The summed E-state index contributed by atoms with van der Waals surface area (Å²) in [5.41, 5.74) is 1.87. The quantitative estimate of drug-likeness (QED) is 0.639. The van der Waals surface area contributed by atoms with Gasteiger partial charge in [0.25, 0.3) is 0 Å². The molecule has 1 aromatic heterocycles. The highest BCUT2D eigenvalue weighted by molar-refractivity contribution is 6.30. The van der Waals surface area contributed by atoms with E-state index >= 15 is 0 Å². The van der Waals surface area contributed by atoms with Crippen LogP contribution in [0.3, 0.4) is 0 Å². The van der Waals surface area contributed by atoms with Gasteiger partial charge in [-0.15, -0.1) is 10.2 Å². The van der Waals surface area contributed by atoms with E-state index in [0.717, 1.165) is 11.1 Å². The van der Waals surface area contributed by atoms with Crippen LogP contribution < -0.4 is 5.32 Å². The van der Waals surface area contributed by atoms with Gasteiger partial charge in [-0.2, -0.15) is 0 Å². The highest BCUT2D eigenvalue weighted by Gasteiger charge is 2.20. The van der Waals surface area contributed by atoms with Crippen LogP contribution >= 0.6 is 11.6 Å². The van der Waals surface area contributed by atoms with Crippen molar-refractivity contribution in [1.82, 2.24) is 15.5 Å². The fraction of sp³-hybridized carbons (Fsp3) is 0.250. The number of hydrogen-bond donors (Lipinski definition) is 1. The number of carbonyl (C=O) groups is 1. The van der Waals surface area contributed by atoms with Crippen molar-refractivity contribution >= 4 is 17.5 Å². The third-order valence-corrected chi connectivity index (χ3v) is 4.22. The lowest BCUT2D eigenvalue weighted by atomic mass is 10.1. The molecule has 1 unspecified atom stereocenters. The van der Waals surface area contributed by atoms with E-state index in [1.54, 1.807) is 13.2 Å². The second kappa shape index (κ2) is 9.30. The van der Waals surface area contributed by atoms with Gasteiger partial charge in [-0.05, 0) is 23.3 Å². The summed E-state index contributed by atoms with van der Waals surface area (Å²) in [5.74, 6) is 0.681. The smallest absolute Gasteiger partial charge is 0.249 e. The average molecular weight is 386 g/mol. The van der Waals surface area contributed by atoms with Crippen molar-refractivity contribution in [2.24, 2.45) is 0 Å². The van der Waals surface area contributed by atoms with Crippen LogP contribution in [0.2, 0.25) is 5.02 Å². The third-order valence-electron chi connectivity index (χ3n) is 3.99. The Hall–Kier alpha value is -2.70. The van der Waals surface area contributed by atoms with Crippen molar-refractivity contribution in [3.05, 3.63) is 82.5 Å². The molecule has 27 heavy (non-hydrogen) atoms. The highest BCUT2D eigenvalue weighted by atomic mass is 35.5.